The summed E-state index contributed by atoms with van der Waals surface area (Å²) in [6.07, 6.45) is 7.09. The van der Waals surface area contributed by atoms with Crippen LogP contribution in [0.2, 0.25) is 0 Å². The maximum absolute atomic E-state index is 10.8. The molecule has 2 fully saturated rings. The Labute approximate surface area is 93.5 Å². The highest BCUT2D eigenvalue weighted by molar-refractivity contribution is 4.99. The van der Waals surface area contributed by atoms with Gasteiger partial charge >= 0.3 is 0 Å². The second-order valence-corrected chi connectivity index (χ2v) is 5.77. The number of rotatable bonds is 1. The van der Waals surface area contributed by atoms with Gasteiger partial charge in [0.2, 0.25) is 0 Å². The number of nitrogens with one attached hydrogen (secondary N) is 1. The highest BCUT2D eigenvalue weighted by Crippen LogP contribution is 2.40. The van der Waals surface area contributed by atoms with E-state index in [2.05, 4.69) is 19.2 Å². The minimum Gasteiger partial charge on any atom is -0.388 e. The number of aliphatic hydroxyl groups is 1. The second-order valence-electron chi connectivity index (χ2n) is 5.77. The molecule has 2 nitrogen and oxygen atoms in total. The molecule has 1 saturated heterocycles. The lowest BCUT2D eigenvalue weighted by Crippen LogP contribution is -2.58. The zero-order chi connectivity index (χ0) is 10.9. The van der Waals surface area contributed by atoms with E-state index in [0.29, 0.717) is 12.0 Å². The van der Waals surface area contributed by atoms with Crippen LogP contribution in [0.15, 0.2) is 0 Å². The lowest BCUT2D eigenvalue weighted by Gasteiger charge is -2.47. The van der Waals surface area contributed by atoms with Gasteiger partial charge in [-0.05, 0) is 50.5 Å². The van der Waals surface area contributed by atoms with Crippen molar-refractivity contribution in [3.8, 4) is 0 Å². The van der Waals surface area contributed by atoms with Crippen molar-refractivity contribution in [1.29, 1.82) is 0 Å². The van der Waals surface area contributed by atoms with Gasteiger partial charge < -0.3 is 10.4 Å². The van der Waals surface area contributed by atoms with E-state index in [1.54, 1.807) is 0 Å². The van der Waals surface area contributed by atoms with Gasteiger partial charge in [0.15, 0.2) is 0 Å². The zero-order valence-electron chi connectivity index (χ0n) is 10.1. The van der Waals surface area contributed by atoms with E-state index >= 15 is 0 Å². The molecule has 0 aromatic carbocycles. The highest BCUT2D eigenvalue weighted by atomic mass is 16.3. The van der Waals surface area contributed by atoms with Gasteiger partial charge in [0.05, 0.1) is 5.60 Å². The highest BCUT2D eigenvalue weighted by Gasteiger charge is 2.44. The van der Waals surface area contributed by atoms with Crippen LogP contribution in [0.1, 0.15) is 52.4 Å². The summed E-state index contributed by atoms with van der Waals surface area (Å²) in [5.41, 5.74) is -0.424. The minimum absolute atomic E-state index is 0.355. The molecule has 0 radical (unpaired) electrons. The molecule has 4 atom stereocenters. The topological polar surface area (TPSA) is 32.3 Å². The summed E-state index contributed by atoms with van der Waals surface area (Å²) < 4.78 is 0. The van der Waals surface area contributed by atoms with Crippen molar-refractivity contribution < 1.29 is 5.11 Å². The van der Waals surface area contributed by atoms with Gasteiger partial charge in [-0.3, -0.25) is 0 Å². The number of hydrogen-bond acceptors (Lipinski definition) is 2. The third-order valence-corrected chi connectivity index (χ3v) is 4.56. The summed E-state index contributed by atoms with van der Waals surface area (Å²) in [4.78, 5) is 0. The Morgan fingerprint density at radius 2 is 2.00 bits per heavy atom. The van der Waals surface area contributed by atoms with E-state index in [1.165, 1.54) is 25.7 Å². The van der Waals surface area contributed by atoms with Gasteiger partial charge in [-0.25, -0.2) is 0 Å². The van der Waals surface area contributed by atoms with Gasteiger partial charge in [-0.15, -0.1) is 0 Å². The fourth-order valence-electron chi connectivity index (χ4n) is 3.45. The summed E-state index contributed by atoms with van der Waals surface area (Å²) in [5.74, 6) is 1.25. The van der Waals surface area contributed by atoms with Crippen LogP contribution in [0, 0.1) is 11.8 Å². The molecule has 1 aliphatic heterocycles. The van der Waals surface area contributed by atoms with E-state index < -0.39 is 5.60 Å². The maximum Gasteiger partial charge on any atom is 0.0825 e. The molecule has 88 valence electrons. The van der Waals surface area contributed by atoms with Crippen molar-refractivity contribution in [1.82, 2.24) is 5.32 Å². The van der Waals surface area contributed by atoms with Crippen LogP contribution >= 0.6 is 0 Å². The Bertz CT molecular complexity index is 213. The average molecular weight is 211 g/mol. The molecule has 1 aliphatic carbocycles. The van der Waals surface area contributed by atoms with Gasteiger partial charge in [0.1, 0.15) is 0 Å². The molecule has 0 bridgehead atoms. The molecule has 2 aliphatic rings. The summed E-state index contributed by atoms with van der Waals surface area (Å²) in [6, 6.07) is 0.355. The van der Waals surface area contributed by atoms with E-state index in [0.717, 1.165) is 25.3 Å². The Kier molecular flexibility index (Phi) is 3.36. The van der Waals surface area contributed by atoms with Gasteiger partial charge in [0, 0.05) is 6.04 Å². The molecule has 1 heterocycles. The fraction of sp³-hybridized carbons (Fsp3) is 1.00. The molecule has 0 amide bonds. The number of piperidine rings is 1. The summed E-state index contributed by atoms with van der Waals surface area (Å²) in [6.45, 7) is 5.63. The van der Waals surface area contributed by atoms with E-state index in [1.807, 2.05) is 0 Å². The van der Waals surface area contributed by atoms with Crippen molar-refractivity contribution in [3.63, 3.8) is 0 Å². The first-order chi connectivity index (χ1) is 7.13. The normalized spacial score (nSPS) is 47.8. The van der Waals surface area contributed by atoms with Crippen LogP contribution < -0.4 is 5.32 Å². The molecular formula is C13H25NO. The molecule has 1 saturated carbocycles. The van der Waals surface area contributed by atoms with Gasteiger partial charge in [-0.1, -0.05) is 20.3 Å². The Morgan fingerprint density at radius 3 is 2.60 bits per heavy atom. The Balaban J connectivity index is 2.03. The van der Waals surface area contributed by atoms with Gasteiger partial charge in [-0.2, -0.15) is 0 Å². The average Bonchev–Trinajstić information content (AvgIpc) is 2.25. The van der Waals surface area contributed by atoms with Crippen molar-refractivity contribution in [2.24, 2.45) is 11.8 Å². The lowest BCUT2D eigenvalue weighted by molar-refractivity contribution is -0.0863. The Morgan fingerprint density at radius 1 is 1.20 bits per heavy atom. The predicted molar refractivity (Wildman–Crippen MR) is 62.8 cm³/mol. The van der Waals surface area contributed by atoms with Crippen LogP contribution in [0.4, 0.5) is 0 Å². The van der Waals surface area contributed by atoms with Crippen molar-refractivity contribution in [2.75, 3.05) is 6.54 Å². The molecule has 15 heavy (non-hydrogen) atoms. The van der Waals surface area contributed by atoms with Crippen molar-refractivity contribution >= 4 is 0 Å². The van der Waals surface area contributed by atoms with Crippen LogP contribution in [-0.2, 0) is 0 Å². The smallest absolute Gasteiger partial charge is 0.0825 e. The SMILES string of the molecule is CC1CCC(O)(C2CCCCN2)C(C)C1. The molecule has 2 N–H and O–H groups in total. The molecule has 0 aromatic rings. The van der Waals surface area contributed by atoms with E-state index in [4.69, 9.17) is 0 Å². The fourth-order valence-corrected chi connectivity index (χ4v) is 3.45. The minimum atomic E-state index is -0.424. The first-order valence-corrected chi connectivity index (χ1v) is 6.58. The van der Waals surface area contributed by atoms with Crippen molar-refractivity contribution in [3.05, 3.63) is 0 Å². The zero-order valence-corrected chi connectivity index (χ0v) is 10.1. The van der Waals surface area contributed by atoms with Crippen LogP contribution in [0.25, 0.3) is 0 Å². The van der Waals surface area contributed by atoms with Crippen LogP contribution in [0.3, 0.4) is 0 Å². The standard InChI is InChI=1S/C13H25NO/c1-10-6-7-13(15,11(2)9-10)12-5-3-4-8-14-12/h10-12,14-15H,3-9H2,1-2H3. The molecule has 2 heteroatoms. The largest absolute Gasteiger partial charge is 0.388 e. The second kappa shape index (κ2) is 4.42. The Hall–Kier alpha value is -0.0800. The maximum atomic E-state index is 10.8. The summed E-state index contributed by atoms with van der Waals surface area (Å²) in [5, 5.41) is 14.3. The van der Waals surface area contributed by atoms with E-state index in [-0.39, 0.29) is 0 Å². The molecular weight excluding hydrogens is 186 g/mol. The summed E-state index contributed by atoms with van der Waals surface area (Å²) >= 11 is 0. The lowest BCUT2D eigenvalue weighted by atomic mass is 9.67. The van der Waals surface area contributed by atoms with Crippen molar-refractivity contribution in [2.45, 2.75) is 64.0 Å². The van der Waals surface area contributed by atoms with Crippen LogP contribution in [-0.4, -0.2) is 23.3 Å². The van der Waals surface area contributed by atoms with Crippen LogP contribution in [0.5, 0.6) is 0 Å². The third kappa shape index (κ3) is 2.21. The quantitative estimate of drug-likeness (QED) is 0.697. The first kappa shape index (κ1) is 11.4. The van der Waals surface area contributed by atoms with E-state index in [9.17, 15) is 5.11 Å². The van der Waals surface area contributed by atoms with Gasteiger partial charge in [0.25, 0.3) is 0 Å². The molecule has 0 aromatic heterocycles. The third-order valence-electron chi connectivity index (χ3n) is 4.56. The molecule has 0 spiro atoms. The first-order valence-electron chi connectivity index (χ1n) is 6.58. The number of hydrogen-bond donors (Lipinski definition) is 2. The monoisotopic (exact) mass is 211 g/mol. The molecule has 2 rings (SSSR count). The predicted octanol–water partition coefficient (Wildman–Crippen LogP) is 2.32. The summed E-state index contributed by atoms with van der Waals surface area (Å²) in [7, 11) is 0. The molecule has 4 unspecified atom stereocenters.